The molecule has 9 rings (SSSR count). The zero-order chi connectivity index (χ0) is 39.1. The third-order valence-electron chi connectivity index (χ3n) is 10.6. The second-order valence-corrected chi connectivity index (χ2v) is 14.5. The van der Waals surface area contributed by atoms with Gasteiger partial charge < -0.3 is 11.1 Å². The van der Waals surface area contributed by atoms with E-state index in [1.54, 1.807) is 0 Å². The average Bonchev–Trinajstić information content (AvgIpc) is 3.44. The molecule has 7 aromatic carbocycles. The lowest BCUT2D eigenvalue weighted by atomic mass is 9.80. The van der Waals surface area contributed by atoms with Crippen LogP contribution in [-0.4, -0.2) is 0 Å². The molecule has 0 radical (unpaired) electrons. The Balaban J connectivity index is 0.000000413. The zero-order valence-corrected chi connectivity index (χ0v) is 33.9. The van der Waals surface area contributed by atoms with E-state index >= 15 is 0 Å². The van der Waals surface area contributed by atoms with Gasteiger partial charge in [0.25, 0.3) is 0 Å². The molecule has 0 spiro atoms. The highest BCUT2D eigenvalue weighted by Gasteiger charge is 2.35. The van der Waals surface area contributed by atoms with Gasteiger partial charge in [-0.1, -0.05) is 186 Å². The molecule has 0 atom stereocenters. The smallest absolute Gasteiger partial charge is 0.0574 e. The normalized spacial score (nSPS) is 13.4. The molecule has 2 aliphatic rings. The Bertz CT molecular complexity index is 2420. The topological polar surface area (TPSA) is 38.0 Å². The van der Waals surface area contributed by atoms with Gasteiger partial charge in [0.05, 0.1) is 11.4 Å². The minimum atomic E-state index is -0.0518. The maximum atomic E-state index is 6.24. The summed E-state index contributed by atoms with van der Waals surface area (Å²) in [7, 11) is 0. The molecule has 0 fully saturated rings. The second-order valence-electron chi connectivity index (χ2n) is 14.5. The molecule has 0 aromatic heterocycles. The number of fused-ring (bicyclic) bond motifs is 5. The Morgan fingerprint density at radius 2 is 1.02 bits per heavy atom. The van der Waals surface area contributed by atoms with Crippen molar-refractivity contribution in [2.75, 3.05) is 5.32 Å². The third-order valence-corrected chi connectivity index (χ3v) is 10.6. The Morgan fingerprint density at radius 1 is 0.491 bits per heavy atom. The first-order valence-electron chi connectivity index (χ1n) is 20.0. The molecule has 0 aliphatic heterocycles. The van der Waals surface area contributed by atoms with Crippen molar-refractivity contribution < 1.29 is 0 Å². The van der Waals surface area contributed by atoms with Gasteiger partial charge in [-0.3, -0.25) is 0 Å². The SMILES string of the molecule is CC.CC.Cc1ccc2c(c1)-c1ccc(-c3c4ccccc4c(-c4ccc(NC5=CCCC=C5N)cc4)c4ccccc34)cc1C2(C)C.Cc1ccccc1. The van der Waals surface area contributed by atoms with Crippen molar-refractivity contribution in [1.82, 2.24) is 0 Å². The summed E-state index contributed by atoms with van der Waals surface area (Å²) in [6.45, 7) is 17.0. The number of rotatable bonds is 4. The maximum Gasteiger partial charge on any atom is 0.0574 e. The zero-order valence-electron chi connectivity index (χ0n) is 33.9. The molecule has 3 N–H and O–H groups in total. The lowest BCUT2D eigenvalue weighted by Crippen LogP contribution is -2.15. The molecule has 0 unspecified atom stereocenters. The van der Waals surface area contributed by atoms with Crippen LogP contribution < -0.4 is 11.1 Å². The van der Waals surface area contributed by atoms with E-state index in [2.05, 4.69) is 166 Å². The van der Waals surface area contributed by atoms with Crippen molar-refractivity contribution in [1.29, 1.82) is 0 Å². The van der Waals surface area contributed by atoms with Crippen molar-refractivity contribution >= 4 is 27.2 Å². The van der Waals surface area contributed by atoms with Gasteiger partial charge in [0, 0.05) is 11.1 Å². The van der Waals surface area contributed by atoms with Crippen molar-refractivity contribution in [2.45, 2.75) is 73.6 Å². The summed E-state index contributed by atoms with van der Waals surface area (Å²) in [4.78, 5) is 0. The first-order chi connectivity index (χ1) is 26.8. The van der Waals surface area contributed by atoms with Gasteiger partial charge in [0.1, 0.15) is 0 Å². The Morgan fingerprint density at radius 3 is 1.56 bits per heavy atom. The van der Waals surface area contributed by atoms with Crippen LogP contribution in [-0.2, 0) is 5.41 Å². The summed E-state index contributed by atoms with van der Waals surface area (Å²) < 4.78 is 0. The Labute approximate surface area is 329 Å². The molecule has 0 amide bonds. The molecular formula is C53H56N2. The van der Waals surface area contributed by atoms with E-state index in [0.717, 1.165) is 29.9 Å². The van der Waals surface area contributed by atoms with Gasteiger partial charge >= 0.3 is 0 Å². The molecule has 0 heterocycles. The van der Waals surface area contributed by atoms with Crippen LogP contribution in [0.2, 0.25) is 0 Å². The molecule has 0 bridgehead atoms. The van der Waals surface area contributed by atoms with E-state index in [1.165, 1.54) is 77.2 Å². The number of nitrogens with two attached hydrogens (primary N) is 1. The molecule has 0 saturated carbocycles. The minimum absolute atomic E-state index is 0.0518. The fourth-order valence-electron chi connectivity index (χ4n) is 8.00. The number of benzene rings is 7. The Hall–Kier alpha value is -5.86. The molecule has 7 aromatic rings. The van der Waals surface area contributed by atoms with Crippen LogP contribution in [0.15, 0.2) is 163 Å². The van der Waals surface area contributed by atoms with Crippen LogP contribution in [0.4, 0.5) is 5.69 Å². The van der Waals surface area contributed by atoms with Crippen LogP contribution in [0.3, 0.4) is 0 Å². The molecule has 2 heteroatoms. The van der Waals surface area contributed by atoms with Crippen molar-refractivity contribution in [3.05, 3.63) is 185 Å². The summed E-state index contributed by atoms with van der Waals surface area (Å²) in [5, 5.41) is 8.60. The van der Waals surface area contributed by atoms with E-state index < -0.39 is 0 Å². The lowest BCUT2D eigenvalue weighted by Gasteiger charge is -2.23. The lowest BCUT2D eigenvalue weighted by molar-refractivity contribution is 0.660. The summed E-state index contributed by atoms with van der Waals surface area (Å²) in [5.74, 6) is 0. The fourth-order valence-corrected chi connectivity index (χ4v) is 8.00. The van der Waals surface area contributed by atoms with Crippen LogP contribution in [0, 0.1) is 13.8 Å². The maximum absolute atomic E-state index is 6.24. The van der Waals surface area contributed by atoms with Gasteiger partial charge in [-0.15, -0.1) is 0 Å². The predicted octanol–water partition coefficient (Wildman–Crippen LogP) is 14.9. The van der Waals surface area contributed by atoms with Crippen LogP contribution in [0.5, 0.6) is 0 Å². The average molecular weight is 721 g/mol. The van der Waals surface area contributed by atoms with E-state index in [0.29, 0.717) is 0 Å². The summed E-state index contributed by atoms with van der Waals surface area (Å²) in [6.07, 6.45) is 6.30. The summed E-state index contributed by atoms with van der Waals surface area (Å²) in [6, 6.07) is 50.9. The van der Waals surface area contributed by atoms with E-state index in [4.69, 9.17) is 5.73 Å². The molecular weight excluding hydrogens is 665 g/mol. The van der Waals surface area contributed by atoms with Gasteiger partial charge in [-0.2, -0.15) is 0 Å². The number of hydrogen-bond donors (Lipinski definition) is 2. The van der Waals surface area contributed by atoms with E-state index in [9.17, 15) is 0 Å². The highest BCUT2D eigenvalue weighted by Crippen LogP contribution is 2.51. The summed E-state index contributed by atoms with van der Waals surface area (Å²) in [5.41, 5.74) is 22.3. The standard InChI is InChI=1S/C42H36N2.C7H8.2C2H6/c1-26-16-23-36-35(24-26)30-22-19-28(25-37(30)42(36,2)3)41-33-12-6-4-10-31(33)40(32-11-5-7-13-34(32)41)27-17-20-29(21-18-27)44-39-15-9-8-14-38(39)43;1-7-5-3-2-4-6-7;2*1-2/h4-7,10-25,44H,8-9,43H2,1-3H3;2-6H,1H3;2*1-2H3. The van der Waals surface area contributed by atoms with Crippen LogP contribution >= 0.6 is 0 Å². The number of hydrogen-bond acceptors (Lipinski definition) is 2. The summed E-state index contributed by atoms with van der Waals surface area (Å²) >= 11 is 0. The van der Waals surface area contributed by atoms with Gasteiger partial charge in [0.15, 0.2) is 0 Å². The fraction of sp³-hybridized carbons (Fsp3) is 0.208. The van der Waals surface area contributed by atoms with Crippen molar-refractivity contribution in [2.24, 2.45) is 5.73 Å². The van der Waals surface area contributed by atoms with Gasteiger partial charge in [-0.25, -0.2) is 0 Å². The number of anilines is 1. The second kappa shape index (κ2) is 17.1. The largest absolute Gasteiger partial charge is 0.397 e. The Kier molecular flexibility index (Phi) is 12.1. The molecule has 278 valence electrons. The number of allylic oxidation sites excluding steroid dienone is 2. The number of nitrogens with one attached hydrogen (secondary N) is 1. The van der Waals surface area contributed by atoms with Gasteiger partial charge in [-0.05, 0) is 111 Å². The van der Waals surface area contributed by atoms with E-state index in [1.807, 2.05) is 45.9 Å². The van der Waals surface area contributed by atoms with Gasteiger partial charge in [0.2, 0.25) is 0 Å². The highest BCUT2D eigenvalue weighted by molar-refractivity contribution is 6.21. The first kappa shape index (κ1) is 38.9. The molecule has 2 aliphatic carbocycles. The molecule has 0 saturated heterocycles. The molecule has 55 heavy (non-hydrogen) atoms. The minimum Gasteiger partial charge on any atom is -0.397 e. The predicted molar refractivity (Wildman–Crippen MR) is 242 cm³/mol. The monoisotopic (exact) mass is 720 g/mol. The quantitative estimate of drug-likeness (QED) is 0.178. The van der Waals surface area contributed by atoms with Crippen LogP contribution in [0.25, 0.3) is 54.9 Å². The van der Waals surface area contributed by atoms with E-state index in [-0.39, 0.29) is 5.41 Å². The number of aryl methyl sites for hydroxylation is 2. The van der Waals surface area contributed by atoms with Crippen molar-refractivity contribution in [3.8, 4) is 33.4 Å². The van der Waals surface area contributed by atoms with Crippen molar-refractivity contribution in [3.63, 3.8) is 0 Å². The first-order valence-corrected chi connectivity index (χ1v) is 20.0. The highest BCUT2D eigenvalue weighted by atomic mass is 14.9. The third kappa shape index (κ3) is 7.73. The molecule has 2 nitrogen and oxygen atoms in total. The van der Waals surface area contributed by atoms with Crippen LogP contribution in [0.1, 0.15) is 76.6 Å².